The largest absolute Gasteiger partial charge is 0.508 e. The molecule has 2 aromatic carbocycles. The number of phenolic OH excluding ortho intramolecular Hbond substituents is 2. The van der Waals surface area contributed by atoms with Crippen molar-refractivity contribution in [3.63, 3.8) is 0 Å². The molecule has 158 valence electrons. The summed E-state index contributed by atoms with van der Waals surface area (Å²) >= 11 is 5.87. The van der Waals surface area contributed by atoms with Crippen molar-refractivity contribution in [2.24, 2.45) is 0 Å². The number of fused-ring (bicyclic) bond motifs is 1. The van der Waals surface area contributed by atoms with E-state index in [0.29, 0.717) is 40.7 Å². The number of rotatable bonds is 6. The molecule has 0 saturated heterocycles. The fraction of sp³-hybridized carbons (Fsp3) is 0.143. The van der Waals surface area contributed by atoms with Crippen LogP contribution in [0.5, 0.6) is 11.5 Å². The van der Waals surface area contributed by atoms with E-state index < -0.39 is 5.82 Å². The monoisotopic (exact) mass is 440 g/mol. The molecule has 10 heteroatoms. The van der Waals surface area contributed by atoms with Gasteiger partial charge in [0.25, 0.3) is 0 Å². The Balaban J connectivity index is 1.78. The van der Waals surface area contributed by atoms with Crippen molar-refractivity contribution in [1.29, 1.82) is 0 Å². The molecule has 0 aliphatic heterocycles. The Morgan fingerprint density at radius 3 is 2.68 bits per heavy atom. The van der Waals surface area contributed by atoms with Gasteiger partial charge in [-0.1, -0.05) is 18.5 Å². The topological polar surface area (TPSA) is 107 Å². The van der Waals surface area contributed by atoms with Crippen LogP contribution in [0.2, 0.25) is 5.02 Å². The molecule has 0 bridgehead atoms. The Labute approximate surface area is 182 Å². The predicted octanol–water partition coefficient (Wildman–Crippen LogP) is 4.92. The van der Waals surface area contributed by atoms with Gasteiger partial charge in [-0.15, -0.1) is 0 Å². The highest BCUT2D eigenvalue weighted by atomic mass is 35.5. The first-order chi connectivity index (χ1) is 15.0. The number of hydrogen-bond acceptors (Lipinski definition) is 8. The molecule has 8 nitrogen and oxygen atoms in total. The normalized spacial score (nSPS) is 10.9. The summed E-state index contributed by atoms with van der Waals surface area (Å²) in [5, 5.41) is 23.0. The van der Waals surface area contributed by atoms with Crippen molar-refractivity contribution in [2.75, 3.05) is 16.8 Å². The van der Waals surface area contributed by atoms with Gasteiger partial charge in [0.2, 0.25) is 5.95 Å². The van der Waals surface area contributed by atoms with E-state index in [2.05, 4.69) is 25.3 Å². The number of aromatic nitrogens is 4. The van der Waals surface area contributed by atoms with E-state index in [9.17, 15) is 14.6 Å². The predicted molar refractivity (Wildman–Crippen MR) is 117 cm³/mol. The molecule has 2 aromatic heterocycles. The summed E-state index contributed by atoms with van der Waals surface area (Å²) in [6, 6.07) is 8.57. The molecule has 3 N–H and O–H groups in total. The van der Waals surface area contributed by atoms with Crippen molar-refractivity contribution in [3.05, 3.63) is 59.8 Å². The zero-order valence-corrected chi connectivity index (χ0v) is 17.2. The molecular formula is C21H18ClFN6O2. The summed E-state index contributed by atoms with van der Waals surface area (Å²) in [5.74, 6) is 0.0528. The van der Waals surface area contributed by atoms with Gasteiger partial charge in [0, 0.05) is 18.3 Å². The SMILES string of the molecule is CCCN(c1ncc2ncnc(Nc3ccc(F)c(Cl)c3)c2n1)c1ccc(O)cc1O. The summed E-state index contributed by atoms with van der Waals surface area (Å²) < 4.78 is 13.5. The number of aromatic hydroxyl groups is 2. The minimum Gasteiger partial charge on any atom is -0.508 e. The van der Waals surface area contributed by atoms with E-state index in [0.717, 1.165) is 6.42 Å². The number of phenols is 2. The minimum absolute atomic E-state index is 0.0180. The average Bonchev–Trinajstić information content (AvgIpc) is 2.75. The highest BCUT2D eigenvalue weighted by molar-refractivity contribution is 6.31. The van der Waals surface area contributed by atoms with Crippen LogP contribution in [0.3, 0.4) is 0 Å². The number of nitrogens with zero attached hydrogens (tertiary/aromatic N) is 5. The van der Waals surface area contributed by atoms with Crippen LogP contribution in [0.4, 0.5) is 27.5 Å². The lowest BCUT2D eigenvalue weighted by Gasteiger charge is -2.23. The summed E-state index contributed by atoms with van der Waals surface area (Å²) in [6.45, 7) is 2.51. The molecule has 0 unspecified atom stereocenters. The van der Waals surface area contributed by atoms with E-state index in [-0.39, 0.29) is 16.5 Å². The first-order valence-corrected chi connectivity index (χ1v) is 9.83. The lowest BCUT2D eigenvalue weighted by Crippen LogP contribution is -2.20. The standard InChI is InChI=1S/C21H18ClFN6O2/c1-2-7-29(17-6-4-13(30)9-18(17)31)21-24-10-16-19(28-21)20(26-11-25-16)27-12-3-5-15(23)14(22)8-12/h3-6,8-11,30-31H,2,7H2,1H3,(H,25,26,27). The van der Waals surface area contributed by atoms with E-state index in [1.807, 2.05) is 6.92 Å². The molecule has 0 spiro atoms. The third-order valence-electron chi connectivity index (χ3n) is 4.49. The molecule has 0 atom stereocenters. The average molecular weight is 441 g/mol. The van der Waals surface area contributed by atoms with Crippen LogP contribution in [0.1, 0.15) is 13.3 Å². The number of benzene rings is 2. The maximum absolute atomic E-state index is 13.5. The van der Waals surface area contributed by atoms with Crippen LogP contribution < -0.4 is 10.2 Å². The van der Waals surface area contributed by atoms with E-state index in [1.165, 1.54) is 36.7 Å². The molecule has 0 aliphatic rings. The van der Waals surface area contributed by atoms with Crippen molar-refractivity contribution in [2.45, 2.75) is 13.3 Å². The zero-order chi connectivity index (χ0) is 22.0. The number of halogens is 2. The van der Waals surface area contributed by atoms with Gasteiger partial charge in [0.1, 0.15) is 34.7 Å². The van der Waals surface area contributed by atoms with E-state index in [4.69, 9.17) is 11.6 Å². The fourth-order valence-corrected chi connectivity index (χ4v) is 3.25. The van der Waals surface area contributed by atoms with Crippen LogP contribution in [-0.2, 0) is 0 Å². The fourth-order valence-electron chi connectivity index (χ4n) is 3.07. The van der Waals surface area contributed by atoms with E-state index in [1.54, 1.807) is 17.2 Å². The molecule has 0 fully saturated rings. The summed E-state index contributed by atoms with van der Waals surface area (Å²) in [4.78, 5) is 19.2. The van der Waals surface area contributed by atoms with Crippen molar-refractivity contribution < 1.29 is 14.6 Å². The van der Waals surface area contributed by atoms with Gasteiger partial charge in [0.15, 0.2) is 5.82 Å². The lowest BCUT2D eigenvalue weighted by molar-refractivity contribution is 0.450. The number of hydrogen-bond donors (Lipinski definition) is 3. The number of nitrogens with one attached hydrogen (secondary N) is 1. The molecule has 0 saturated carbocycles. The lowest BCUT2D eigenvalue weighted by atomic mass is 10.2. The smallest absolute Gasteiger partial charge is 0.230 e. The Hall–Kier alpha value is -3.72. The van der Waals surface area contributed by atoms with Crippen LogP contribution in [-0.4, -0.2) is 36.7 Å². The van der Waals surface area contributed by atoms with E-state index >= 15 is 0 Å². The van der Waals surface area contributed by atoms with Gasteiger partial charge in [-0.3, -0.25) is 0 Å². The summed E-state index contributed by atoms with van der Waals surface area (Å²) in [5.41, 5.74) is 1.93. The maximum atomic E-state index is 13.5. The first kappa shape index (κ1) is 20.5. The van der Waals surface area contributed by atoms with Crippen LogP contribution in [0.15, 0.2) is 48.9 Å². The Kier molecular flexibility index (Phi) is 5.68. The van der Waals surface area contributed by atoms with Gasteiger partial charge in [-0.25, -0.2) is 24.3 Å². The quantitative estimate of drug-likeness (QED) is 0.388. The Morgan fingerprint density at radius 1 is 1.10 bits per heavy atom. The molecule has 31 heavy (non-hydrogen) atoms. The van der Waals surface area contributed by atoms with Crippen molar-refractivity contribution in [1.82, 2.24) is 19.9 Å². The second-order valence-corrected chi connectivity index (χ2v) is 7.11. The molecule has 2 heterocycles. The van der Waals surface area contributed by atoms with Gasteiger partial charge in [-0.05, 0) is 36.8 Å². The highest BCUT2D eigenvalue weighted by Gasteiger charge is 2.18. The summed E-state index contributed by atoms with van der Waals surface area (Å²) in [7, 11) is 0. The van der Waals surface area contributed by atoms with Crippen LogP contribution >= 0.6 is 11.6 Å². The second-order valence-electron chi connectivity index (χ2n) is 6.70. The molecule has 0 radical (unpaired) electrons. The number of anilines is 4. The van der Waals surface area contributed by atoms with Crippen molar-refractivity contribution >= 4 is 45.8 Å². The Morgan fingerprint density at radius 2 is 1.94 bits per heavy atom. The Bertz CT molecular complexity index is 1260. The molecular weight excluding hydrogens is 423 g/mol. The summed E-state index contributed by atoms with van der Waals surface area (Å²) in [6.07, 6.45) is 3.68. The highest BCUT2D eigenvalue weighted by Crippen LogP contribution is 2.35. The second kappa shape index (κ2) is 8.57. The maximum Gasteiger partial charge on any atom is 0.230 e. The van der Waals surface area contributed by atoms with Crippen LogP contribution in [0, 0.1) is 5.82 Å². The molecule has 0 amide bonds. The van der Waals surface area contributed by atoms with Gasteiger partial charge in [0.05, 0.1) is 16.9 Å². The first-order valence-electron chi connectivity index (χ1n) is 9.45. The molecule has 4 aromatic rings. The van der Waals surface area contributed by atoms with Gasteiger partial charge < -0.3 is 20.4 Å². The zero-order valence-electron chi connectivity index (χ0n) is 16.4. The van der Waals surface area contributed by atoms with Crippen molar-refractivity contribution in [3.8, 4) is 11.5 Å². The minimum atomic E-state index is -0.520. The van der Waals surface area contributed by atoms with Crippen LogP contribution in [0.25, 0.3) is 11.0 Å². The van der Waals surface area contributed by atoms with Gasteiger partial charge in [-0.2, -0.15) is 0 Å². The molecule has 0 aliphatic carbocycles. The third-order valence-corrected chi connectivity index (χ3v) is 4.78. The van der Waals surface area contributed by atoms with Gasteiger partial charge >= 0.3 is 0 Å². The molecule has 4 rings (SSSR count). The third kappa shape index (κ3) is 4.26.